The van der Waals surface area contributed by atoms with E-state index in [4.69, 9.17) is 21.6 Å². The van der Waals surface area contributed by atoms with Crippen molar-refractivity contribution in [3.8, 4) is 0 Å². The van der Waals surface area contributed by atoms with Crippen molar-refractivity contribution >= 4 is 57.6 Å². The molecule has 2 aromatic rings. The Bertz CT molecular complexity index is 1100. The number of anilines is 1. The molecule has 2 aliphatic heterocycles. The van der Waals surface area contributed by atoms with Crippen molar-refractivity contribution in [3.63, 3.8) is 0 Å². The van der Waals surface area contributed by atoms with Gasteiger partial charge in [-0.15, -0.1) is 0 Å². The third-order valence-corrected chi connectivity index (χ3v) is 6.69. The Morgan fingerprint density at radius 3 is 2.71 bits per heavy atom. The summed E-state index contributed by atoms with van der Waals surface area (Å²) < 4.78 is 0. The first kappa shape index (κ1) is 21.6. The zero-order valence-corrected chi connectivity index (χ0v) is 19.1. The van der Waals surface area contributed by atoms with E-state index in [1.165, 1.54) is 11.8 Å². The van der Waals surface area contributed by atoms with Crippen LogP contribution in [0.3, 0.4) is 0 Å². The van der Waals surface area contributed by atoms with Crippen molar-refractivity contribution in [1.82, 2.24) is 4.90 Å². The van der Waals surface area contributed by atoms with Gasteiger partial charge in [0, 0.05) is 16.3 Å². The molecule has 0 saturated carbocycles. The molecule has 2 aromatic carbocycles. The number of fused-ring (bicyclic) bond motifs is 3. The molecule has 0 aliphatic carbocycles. The normalized spacial score (nSPS) is 18.3. The van der Waals surface area contributed by atoms with Crippen LogP contribution < -0.4 is 5.32 Å². The molecule has 2 aliphatic rings. The molecular weight excluding hydrogens is 432 g/mol. The summed E-state index contributed by atoms with van der Waals surface area (Å²) in [4.78, 5) is 37.2. The first-order valence-corrected chi connectivity index (χ1v) is 11.5. The van der Waals surface area contributed by atoms with Crippen LogP contribution in [-0.4, -0.2) is 39.0 Å². The Morgan fingerprint density at radius 1 is 1.23 bits per heavy atom. The minimum Gasteiger partial charge on any atom is -0.325 e. The number of nitrogens with one attached hydrogen (secondary N) is 1. The van der Waals surface area contributed by atoms with E-state index in [0.717, 1.165) is 11.3 Å². The molecular formula is C23H23ClN4O2S. The SMILES string of the molecule is CC[C@H](SC1=Nc2ccccc2C2=N[C@@H](C(C)C)C(=O)N12)C(=O)Nc1cccc(Cl)c1. The quantitative estimate of drug-likeness (QED) is 0.682. The highest BCUT2D eigenvalue weighted by molar-refractivity contribution is 8.15. The first-order valence-electron chi connectivity index (χ1n) is 10.2. The first-order chi connectivity index (χ1) is 14.9. The molecule has 160 valence electrons. The second kappa shape index (κ2) is 8.85. The molecule has 0 unspecified atom stereocenters. The standard InChI is InChI=1S/C23H23ClN4O2S/c1-4-18(21(29)25-15-9-7-8-14(24)12-15)31-23-26-17-11-6-5-10-16(17)20-27-19(13(2)3)22(30)28(20)23/h5-13,18-19H,4H2,1-3H3,(H,25,29)/t18-,19-/m0/s1. The van der Waals surface area contributed by atoms with Gasteiger partial charge in [0.2, 0.25) is 5.91 Å². The summed E-state index contributed by atoms with van der Waals surface area (Å²) in [6.07, 6.45) is 0.569. The number of nitrogens with zero attached hydrogens (tertiary/aromatic N) is 3. The number of aliphatic imine (C=N–C) groups is 2. The zero-order chi connectivity index (χ0) is 22.1. The molecule has 0 saturated heterocycles. The van der Waals surface area contributed by atoms with Crippen molar-refractivity contribution in [1.29, 1.82) is 0 Å². The molecule has 0 fully saturated rings. The number of para-hydroxylation sites is 1. The molecule has 8 heteroatoms. The summed E-state index contributed by atoms with van der Waals surface area (Å²) in [5.41, 5.74) is 2.22. The van der Waals surface area contributed by atoms with Crippen molar-refractivity contribution in [2.75, 3.05) is 5.32 Å². The maximum absolute atomic E-state index is 13.2. The summed E-state index contributed by atoms with van der Waals surface area (Å²) in [5.74, 6) is 0.414. The van der Waals surface area contributed by atoms with Crippen molar-refractivity contribution in [3.05, 3.63) is 59.1 Å². The maximum atomic E-state index is 13.2. The number of amidine groups is 2. The number of hydrogen-bond acceptors (Lipinski definition) is 5. The molecule has 2 heterocycles. The Labute approximate surface area is 190 Å². The minimum absolute atomic E-state index is 0.0668. The van der Waals surface area contributed by atoms with Crippen LogP contribution in [-0.2, 0) is 9.59 Å². The van der Waals surface area contributed by atoms with Crippen LogP contribution in [0, 0.1) is 5.92 Å². The predicted octanol–water partition coefficient (Wildman–Crippen LogP) is 5.11. The van der Waals surface area contributed by atoms with Gasteiger partial charge in [-0.25, -0.2) is 9.89 Å². The van der Waals surface area contributed by atoms with E-state index in [1.807, 2.05) is 45.0 Å². The van der Waals surface area contributed by atoms with Crippen LogP contribution in [0.1, 0.15) is 32.8 Å². The third kappa shape index (κ3) is 4.25. The Hall–Kier alpha value is -2.64. The van der Waals surface area contributed by atoms with Crippen LogP contribution in [0.5, 0.6) is 0 Å². The van der Waals surface area contributed by atoms with E-state index in [1.54, 1.807) is 29.2 Å². The van der Waals surface area contributed by atoms with Crippen LogP contribution in [0.4, 0.5) is 11.4 Å². The second-order valence-corrected chi connectivity index (χ2v) is 9.35. The number of carbonyl (C=O) groups excluding carboxylic acids is 2. The van der Waals surface area contributed by atoms with E-state index in [9.17, 15) is 9.59 Å². The van der Waals surface area contributed by atoms with Gasteiger partial charge >= 0.3 is 0 Å². The lowest BCUT2D eigenvalue weighted by molar-refractivity contribution is -0.125. The van der Waals surface area contributed by atoms with Gasteiger partial charge in [-0.1, -0.05) is 62.3 Å². The summed E-state index contributed by atoms with van der Waals surface area (Å²) >= 11 is 7.31. The molecule has 31 heavy (non-hydrogen) atoms. The fraction of sp³-hybridized carbons (Fsp3) is 0.304. The van der Waals surface area contributed by atoms with Gasteiger partial charge in [-0.2, -0.15) is 0 Å². The number of thioether (sulfide) groups is 1. The monoisotopic (exact) mass is 454 g/mol. The number of halogens is 1. The smallest absolute Gasteiger partial charge is 0.259 e. The van der Waals surface area contributed by atoms with Gasteiger partial charge in [-0.05, 0) is 42.7 Å². The molecule has 6 nitrogen and oxygen atoms in total. The topological polar surface area (TPSA) is 74.1 Å². The van der Waals surface area contributed by atoms with Gasteiger partial charge in [-0.3, -0.25) is 14.6 Å². The van der Waals surface area contributed by atoms with E-state index in [-0.39, 0.29) is 17.7 Å². The van der Waals surface area contributed by atoms with Crippen LogP contribution >= 0.6 is 23.4 Å². The highest BCUT2D eigenvalue weighted by Crippen LogP contribution is 2.36. The van der Waals surface area contributed by atoms with Crippen molar-refractivity contribution < 1.29 is 9.59 Å². The average Bonchev–Trinajstić information content (AvgIpc) is 3.10. The van der Waals surface area contributed by atoms with Gasteiger partial charge in [0.1, 0.15) is 11.9 Å². The number of carbonyl (C=O) groups is 2. The third-order valence-electron chi connectivity index (χ3n) is 5.13. The second-order valence-electron chi connectivity index (χ2n) is 7.74. The molecule has 0 aromatic heterocycles. The van der Waals surface area contributed by atoms with E-state index in [0.29, 0.717) is 28.1 Å². The summed E-state index contributed by atoms with van der Waals surface area (Å²) in [6.45, 7) is 5.90. The number of hydrogen-bond donors (Lipinski definition) is 1. The highest BCUT2D eigenvalue weighted by Gasteiger charge is 2.43. The molecule has 0 spiro atoms. The number of benzene rings is 2. The maximum Gasteiger partial charge on any atom is 0.259 e. The largest absolute Gasteiger partial charge is 0.325 e. The summed E-state index contributed by atoms with van der Waals surface area (Å²) in [5, 5.41) is 3.51. The fourth-order valence-electron chi connectivity index (χ4n) is 3.52. The van der Waals surface area contributed by atoms with Gasteiger partial charge in [0.25, 0.3) is 5.91 Å². The van der Waals surface area contributed by atoms with Crippen molar-refractivity contribution in [2.24, 2.45) is 15.9 Å². The predicted molar refractivity (Wildman–Crippen MR) is 127 cm³/mol. The molecule has 0 bridgehead atoms. The molecule has 2 atom stereocenters. The average molecular weight is 455 g/mol. The van der Waals surface area contributed by atoms with Gasteiger partial charge in [0.15, 0.2) is 5.17 Å². The van der Waals surface area contributed by atoms with Crippen LogP contribution in [0.25, 0.3) is 0 Å². The van der Waals surface area contributed by atoms with Crippen LogP contribution in [0.15, 0.2) is 58.5 Å². The van der Waals surface area contributed by atoms with Gasteiger partial charge in [0.05, 0.1) is 10.9 Å². The minimum atomic E-state index is -0.452. The lowest BCUT2D eigenvalue weighted by Crippen LogP contribution is -2.43. The Kier molecular flexibility index (Phi) is 6.16. The Morgan fingerprint density at radius 2 is 2.00 bits per heavy atom. The molecule has 2 amide bonds. The number of rotatable bonds is 5. The van der Waals surface area contributed by atoms with Crippen molar-refractivity contribution in [2.45, 2.75) is 38.5 Å². The summed E-state index contributed by atoms with van der Waals surface area (Å²) in [7, 11) is 0. The van der Waals surface area contributed by atoms with Gasteiger partial charge < -0.3 is 5.32 Å². The zero-order valence-electron chi connectivity index (χ0n) is 17.5. The Balaban J connectivity index is 1.63. The lowest BCUT2D eigenvalue weighted by Gasteiger charge is -2.27. The van der Waals surface area contributed by atoms with Crippen LogP contribution in [0.2, 0.25) is 5.02 Å². The lowest BCUT2D eigenvalue weighted by atomic mass is 10.1. The molecule has 1 N–H and O–H groups in total. The van der Waals surface area contributed by atoms with E-state index >= 15 is 0 Å². The molecule has 4 rings (SSSR count). The summed E-state index contributed by atoms with van der Waals surface area (Å²) in [6, 6.07) is 14.2. The van der Waals surface area contributed by atoms with E-state index in [2.05, 4.69) is 5.32 Å². The highest BCUT2D eigenvalue weighted by atomic mass is 35.5. The fourth-order valence-corrected chi connectivity index (χ4v) is 4.73. The number of amides is 2. The van der Waals surface area contributed by atoms with E-state index < -0.39 is 11.3 Å². The molecule has 0 radical (unpaired) electrons.